The maximum Gasteiger partial charge on any atom is 0.433 e. The van der Waals surface area contributed by atoms with E-state index in [9.17, 15) is 23.1 Å². The first-order valence-electron chi connectivity index (χ1n) is 6.82. The quantitative estimate of drug-likeness (QED) is 0.864. The molecule has 1 atom stereocenters. The summed E-state index contributed by atoms with van der Waals surface area (Å²) >= 11 is 0. The van der Waals surface area contributed by atoms with Crippen molar-refractivity contribution in [1.29, 1.82) is 0 Å². The van der Waals surface area contributed by atoms with E-state index in [1.807, 2.05) is 0 Å². The Morgan fingerprint density at radius 2 is 2.14 bits per heavy atom. The van der Waals surface area contributed by atoms with Gasteiger partial charge in [-0.25, -0.2) is 9.97 Å². The minimum absolute atomic E-state index is 0.0265. The van der Waals surface area contributed by atoms with E-state index < -0.39 is 23.8 Å². The molecule has 1 unspecified atom stereocenters. The van der Waals surface area contributed by atoms with E-state index in [2.05, 4.69) is 15.3 Å². The Hall–Kier alpha value is -1.90. The third kappa shape index (κ3) is 4.30. The lowest BCUT2D eigenvalue weighted by molar-refractivity contribution is -0.144. The number of alkyl halides is 3. The Bertz CT molecular complexity index is 519. The van der Waals surface area contributed by atoms with Crippen molar-refractivity contribution in [2.45, 2.75) is 19.0 Å². The van der Waals surface area contributed by atoms with Crippen LogP contribution < -0.4 is 5.32 Å². The van der Waals surface area contributed by atoms with Gasteiger partial charge in [0.15, 0.2) is 0 Å². The number of carboxylic acids is 1. The van der Waals surface area contributed by atoms with Crippen LogP contribution in [-0.4, -0.2) is 40.8 Å². The molecule has 1 aromatic rings. The van der Waals surface area contributed by atoms with Gasteiger partial charge in [-0.2, -0.15) is 13.2 Å². The van der Waals surface area contributed by atoms with Gasteiger partial charge in [0, 0.05) is 26.0 Å². The predicted octanol–water partition coefficient (Wildman–Crippen LogP) is 2.03. The molecule has 0 amide bonds. The third-order valence-electron chi connectivity index (χ3n) is 3.58. The Kier molecular flexibility index (Phi) is 5.17. The van der Waals surface area contributed by atoms with Crippen LogP contribution in [0.15, 0.2) is 12.3 Å². The summed E-state index contributed by atoms with van der Waals surface area (Å²) in [5.41, 5.74) is -1.07. The lowest BCUT2D eigenvalue weighted by atomic mass is 9.86. The smallest absolute Gasteiger partial charge is 0.433 e. The Labute approximate surface area is 124 Å². The van der Waals surface area contributed by atoms with Gasteiger partial charge in [-0.15, -0.1) is 0 Å². The largest absolute Gasteiger partial charge is 0.481 e. The van der Waals surface area contributed by atoms with E-state index in [1.54, 1.807) is 0 Å². The van der Waals surface area contributed by atoms with Crippen LogP contribution >= 0.6 is 0 Å². The Balaban J connectivity index is 2.01. The number of aliphatic carboxylic acids is 1. The molecule has 2 heterocycles. The van der Waals surface area contributed by atoms with Crippen molar-refractivity contribution in [1.82, 2.24) is 9.97 Å². The number of nitrogens with one attached hydrogen (secondary N) is 1. The van der Waals surface area contributed by atoms with Gasteiger partial charge in [0.25, 0.3) is 0 Å². The molecule has 2 rings (SSSR count). The molecule has 1 aromatic heterocycles. The molecule has 1 aliphatic heterocycles. The molecule has 0 aromatic carbocycles. The highest BCUT2D eigenvalue weighted by Gasteiger charge is 2.33. The zero-order valence-electron chi connectivity index (χ0n) is 11.6. The highest BCUT2D eigenvalue weighted by molar-refractivity contribution is 5.71. The third-order valence-corrected chi connectivity index (χ3v) is 3.58. The first-order valence-corrected chi connectivity index (χ1v) is 6.82. The van der Waals surface area contributed by atoms with E-state index in [1.165, 1.54) is 0 Å². The number of anilines is 1. The Morgan fingerprint density at radius 1 is 1.45 bits per heavy atom. The van der Waals surface area contributed by atoms with Crippen LogP contribution in [0.25, 0.3) is 0 Å². The summed E-state index contributed by atoms with van der Waals surface area (Å²) in [4.78, 5) is 18.4. The average molecular weight is 319 g/mol. The van der Waals surface area contributed by atoms with Crippen LogP contribution in [0.1, 0.15) is 18.5 Å². The standard InChI is InChI=1S/C13H16F3N3O3/c14-13(15,16)10-1-4-17-12(19-10)18-7-9(11(20)21)8-2-5-22-6-3-8/h1,4,8-9H,2-3,5-7H2,(H,20,21)(H,17,18,19). The van der Waals surface area contributed by atoms with Gasteiger partial charge in [-0.1, -0.05) is 0 Å². The Morgan fingerprint density at radius 3 is 2.73 bits per heavy atom. The van der Waals surface area contributed by atoms with Crippen molar-refractivity contribution in [2.75, 3.05) is 25.1 Å². The van der Waals surface area contributed by atoms with Crippen LogP contribution in [0.4, 0.5) is 19.1 Å². The molecule has 1 aliphatic rings. The lowest BCUT2D eigenvalue weighted by Gasteiger charge is -2.27. The fraction of sp³-hybridized carbons (Fsp3) is 0.615. The van der Waals surface area contributed by atoms with Gasteiger partial charge in [0.2, 0.25) is 5.95 Å². The second-order valence-electron chi connectivity index (χ2n) is 5.04. The van der Waals surface area contributed by atoms with E-state index in [4.69, 9.17) is 4.74 Å². The van der Waals surface area contributed by atoms with E-state index in [0.717, 1.165) is 12.3 Å². The first kappa shape index (κ1) is 16.5. The van der Waals surface area contributed by atoms with Crippen molar-refractivity contribution in [2.24, 2.45) is 11.8 Å². The second-order valence-corrected chi connectivity index (χ2v) is 5.04. The highest BCUT2D eigenvalue weighted by Crippen LogP contribution is 2.28. The van der Waals surface area contributed by atoms with Gasteiger partial charge in [-0.05, 0) is 24.8 Å². The maximum absolute atomic E-state index is 12.6. The summed E-state index contributed by atoms with van der Waals surface area (Å²) in [6.45, 7) is 0.963. The molecule has 9 heteroatoms. The molecule has 0 radical (unpaired) electrons. The number of nitrogens with zero attached hydrogens (tertiary/aromatic N) is 2. The van der Waals surface area contributed by atoms with Crippen LogP contribution in [0.3, 0.4) is 0 Å². The maximum atomic E-state index is 12.6. The van der Waals surface area contributed by atoms with Gasteiger partial charge >= 0.3 is 12.1 Å². The molecule has 0 aliphatic carbocycles. The van der Waals surface area contributed by atoms with Crippen molar-refractivity contribution < 1.29 is 27.8 Å². The number of hydrogen-bond donors (Lipinski definition) is 2. The topological polar surface area (TPSA) is 84.3 Å². The lowest BCUT2D eigenvalue weighted by Crippen LogP contribution is -2.34. The van der Waals surface area contributed by atoms with Gasteiger partial charge in [-0.3, -0.25) is 4.79 Å². The van der Waals surface area contributed by atoms with Gasteiger partial charge < -0.3 is 15.2 Å². The number of rotatable bonds is 5. The summed E-state index contributed by atoms with van der Waals surface area (Å²) in [5, 5.41) is 11.9. The van der Waals surface area contributed by atoms with E-state index in [-0.39, 0.29) is 18.4 Å². The van der Waals surface area contributed by atoms with Crippen LogP contribution in [-0.2, 0) is 15.7 Å². The molecule has 0 saturated carbocycles. The fourth-order valence-corrected chi connectivity index (χ4v) is 2.38. The number of hydrogen-bond acceptors (Lipinski definition) is 5. The number of aromatic nitrogens is 2. The summed E-state index contributed by atoms with van der Waals surface area (Å²) in [7, 11) is 0. The molecule has 6 nitrogen and oxygen atoms in total. The number of halogens is 3. The summed E-state index contributed by atoms with van der Waals surface area (Å²) in [5.74, 6) is -2.02. The molecule has 1 fully saturated rings. The molecule has 2 N–H and O–H groups in total. The highest BCUT2D eigenvalue weighted by atomic mass is 19.4. The van der Waals surface area contributed by atoms with Crippen LogP contribution in [0.2, 0.25) is 0 Å². The predicted molar refractivity (Wildman–Crippen MR) is 70.2 cm³/mol. The molecule has 0 bridgehead atoms. The monoisotopic (exact) mass is 319 g/mol. The number of carboxylic acid groups (broad SMARTS) is 1. The van der Waals surface area contributed by atoms with Crippen molar-refractivity contribution in [3.63, 3.8) is 0 Å². The van der Waals surface area contributed by atoms with E-state index >= 15 is 0 Å². The van der Waals surface area contributed by atoms with Crippen molar-refractivity contribution in [3.05, 3.63) is 18.0 Å². The van der Waals surface area contributed by atoms with Gasteiger partial charge in [0.1, 0.15) is 5.69 Å². The molecule has 22 heavy (non-hydrogen) atoms. The summed E-state index contributed by atoms with van der Waals surface area (Å²) < 4.78 is 42.9. The zero-order valence-corrected chi connectivity index (χ0v) is 11.6. The normalized spacial score (nSPS) is 18.0. The summed E-state index contributed by atoms with van der Waals surface area (Å²) in [6.07, 6.45) is -2.35. The second kappa shape index (κ2) is 6.91. The molecular weight excluding hydrogens is 303 g/mol. The fourth-order valence-electron chi connectivity index (χ4n) is 2.38. The van der Waals surface area contributed by atoms with Crippen molar-refractivity contribution in [3.8, 4) is 0 Å². The molecular formula is C13H16F3N3O3. The average Bonchev–Trinajstić information content (AvgIpc) is 2.48. The minimum Gasteiger partial charge on any atom is -0.481 e. The minimum atomic E-state index is -4.56. The number of carbonyl (C=O) groups is 1. The first-order chi connectivity index (χ1) is 10.4. The van der Waals surface area contributed by atoms with E-state index in [0.29, 0.717) is 26.1 Å². The van der Waals surface area contributed by atoms with Crippen LogP contribution in [0, 0.1) is 11.8 Å². The van der Waals surface area contributed by atoms with Gasteiger partial charge in [0.05, 0.1) is 5.92 Å². The molecule has 1 saturated heterocycles. The zero-order chi connectivity index (χ0) is 16.2. The van der Waals surface area contributed by atoms with Crippen molar-refractivity contribution >= 4 is 11.9 Å². The molecule has 0 spiro atoms. The summed E-state index contributed by atoms with van der Waals surface area (Å²) in [6, 6.07) is 0.762. The SMILES string of the molecule is O=C(O)C(CNc1nccc(C(F)(F)F)n1)C1CCOCC1. The number of ether oxygens (including phenoxy) is 1. The van der Waals surface area contributed by atoms with Crippen LogP contribution in [0.5, 0.6) is 0 Å². The molecule has 122 valence electrons.